The van der Waals surface area contributed by atoms with Gasteiger partial charge in [0.25, 0.3) is 0 Å². The molecule has 1 amide bonds. The van der Waals surface area contributed by atoms with E-state index in [1.165, 1.54) is 5.56 Å². The van der Waals surface area contributed by atoms with Gasteiger partial charge in [-0.25, -0.2) is 0 Å². The van der Waals surface area contributed by atoms with Gasteiger partial charge in [-0.15, -0.1) is 11.8 Å². The fourth-order valence-electron chi connectivity index (χ4n) is 2.64. The van der Waals surface area contributed by atoms with Crippen LogP contribution in [0.1, 0.15) is 25.3 Å². The average molecular weight is 345 g/mol. The molecular weight excluding hydrogens is 322 g/mol. The van der Waals surface area contributed by atoms with Crippen molar-refractivity contribution < 1.29 is 9.53 Å². The van der Waals surface area contributed by atoms with Gasteiger partial charge in [0, 0.05) is 18.6 Å². The fourth-order valence-corrected chi connectivity index (χ4v) is 3.49. The second kappa shape index (κ2) is 8.35. The van der Waals surface area contributed by atoms with Crippen LogP contribution >= 0.6 is 11.8 Å². The van der Waals surface area contributed by atoms with Crippen molar-refractivity contribution >= 4 is 23.4 Å². The van der Waals surface area contributed by atoms with Crippen LogP contribution in [-0.2, 0) is 21.8 Å². The third-order valence-corrected chi connectivity index (χ3v) is 5.24. The second-order valence-corrected chi connectivity index (χ2v) is 7.34. The summed E-state index contributed by atoms with van der Waals surface area (Å²) in [5.74, 6) is 0.834. The smallest absolute Gasteiger partial charge is 0.237 e. The molecule has 1 saturated heterocycles. The summed E-state index contributed by atoms with van der Waals surface area (Å²) in [5, 5.41) is 7.12. The molecule has 2 heterocycles. The van der Waals surface area contributed by atoms with E-state index in [2.05, 4.69) is 22.5 Å². The van der Waals surface area contributed by atoms with Gasteiger partial charge >= 0.3 is 0 Å². The molecule has 1 aromatic heterocycles. The molecule has 0 bridgehead atoms. The lowest BCUT2D eigenvalue weighted by molar-refractivity contribution is -0.115. The summed E-state index contributed by atoms with van der Waals surface area (Å²) in [6.07, 6.45) is 6.00. The van der Waals surface area contributed by atoms with Crippen LogP contribution in [-0.4, -0.2) is 33.6 Å². The van der Waals surface area contributed by atoms with Crippen LogP contribution in [0.3, 0.4) is 0 Å². The fraction of sp³-hybridized carbons (Fsp3) is 0.444. The lowest BCUT2D eigenvalue weighted by Gasteiger charge is -2.11. The van der Waals surface area contributed by atoms with Gasteiger partial charge in [-0.2, -0.15) is 5.10 Å². The SMILES string of the molecule is C[C@@H](SCc1ccccc1)C(=O)Nc1cnn(C[C@@H]2CCCO2)c1. The van der Waals surface area contributed by atoms with E-state index in [0.29, 0.717) is 0 Å². The summed E-state index contributed by atoms with van der Waals surface area (Å²) >= 11 is 1.63. The molecule has 6 heteroatoms. The van der Waals surface area contributed by atoms with Crippen LogP contribution in [0.25, 0.3) is 0 Å². The Morgan fingerprint density at radius 2 is 2.29 bits per heavy atom. The number of carbonyl (C=O) groups is 1. The number of amides is 1. The Bertz CT molecular complexity index is 653. The first-order valence-electron chi connectivity index (χ1n) is 8.31. The van der Waals surface area contributed by atoms with Crippen molar-refractivity contribution in [2.45, 2.75) is 43.4 Å². The van der Waals surface area contributed by atoms with E-state index in [4.69, 9.17) is 4.74 Å². The van der Waals surface area contributed by atoms with E-state index in [9.17, 15) is 4.79 Å². The van der Waals surface area contributed by atoms with Gasteiger partial charge in [0.1, 0.15) is 0 Å². The first-order valence-corrected chi connectivity index (χ1v) is 9.36. The lowest BCUT2D eigenvalue weighted by Crippen LogP contribution is -2.22. The number of nitrogens with one attached hydrogen (secondary N) is 1. The molecule has 0 aliphatic carbocycles. The predicted octanol–water partition coefficient (Wildman–Crippen LogP) is 3.32. The summed E-state index contributed by atoms with van der Waals surface area (Å²) < 4.78 is 7.45. The number of benzene rings is 1. The largest absolute Gasteiger partial charge is 0.376 e. The summed E-state index contributed by atoms with van der Waals surface area (Å²) in [7, 11) is 0. The molecule has 1 fully saturated rings. The minimum atomic E-state index is -0.119. The van der Waals surface area contributed by atoms with E-state index in [1.54, 1.807) is 18.0 Å². The van der Waals surface area contributed by atoms with Crippen molar-refractivity contribution in [2.75, 3.05) is 11.9 Å². The molecule has 128 valence electrons. The number of rotatable bonds is 7. The van der Waals surface area contributed by atoms with Crippen molar-refractivity contribution in [3.05, 3.63) is 48.3 Å². The topological polar surface area (TPSA) is 56.2 Å². The molecule has 1 N–H and O–H groups in total. The first-order chi connectivity index (χ1) is 11.7. The van der Waals surface area contributed by atoms with Gasteiger partial charge in [0.2, 0.25) is 5.91 Å². The highest BCUT2D eigenvalue weighted by Crippen LogP contribution is 2.19. The van der Waals surface area contributed by atoms with E-state index < -0.39 is 0 Å². The van der Waals surface area contributed by atoms with Gasteiger partial charge < -0.3 is 10.1 Å². The standard InChI is InChI=1S/C18H23N3O2S/c1-14(24-13-15-6-3-2-4-7-15)18(22)20-16-10-19-21(11-16)12-17-8-5-9-23-17/h2-4,6-7,10-11,14,17H,5,8-9,12-13H2,1H3,(H,20,22)/t14-,17+/m1/s1. The Kier molecular flexibility index (Phi) is 5.93. The van der Waals surface area contributed by atoms with Crippen LogP contribution in [0.2, 0.25) is 0 Å². The zero-order valence-electron chi connectivity index (χ0n) is 13.9. The lowest BCUT2D eigenvalue weighted by atomic mass is 10.2. The molecule has 2 atom stereocenters. The van der Waals surface area contributed by atoms with E-state index in [-0.39, 0.29) is 17.3 Å². The third-order valence-electron chi connectivity index (χ3n) is 4.03. The Morgan fingerprint density at radius 3 is 3.04 bits per heavy atom. The summed E-state index contributed by atoms with van der Waals surface area (Å²) in [5.41, 5.74) is 1.97. The molecule has 0 unspecified atom stereocenters. The van der Waals surface area contributed by atoms with E-state index in [0.717, 1.165) is 37.4 Å². The Labute approximate surface area is 146 Å². The zero-order chi connectivity index (χ0) is 16.8. The van der Waals surface area contributed by atoms with Crippen LogP contribution in [0.4, 0.5) is 5.69 Å². The second-order valence-electron chi connectivity index (χ2n) is 6.01. The maximum Gasteiger partial charge on any atom is 0.237 e. The van der Waals surface area contributed by atoms with Crippen molar-refractivity contribution in [3.8, 4) is 0 Å². The maximum atomic E-state index is 12.3. The van der Waals surface area contributed by atoms with Gasteiger partial charge in [-0.1, -0.05) is 30.3 Å². The summed E-state index contributed by atoms with van der Waals surface area (Å²) in [6.45, 7) is 3.51. The zero-order valence-corrected chi connectivity index (χ0v) is 14.7. The molecule has 1 aliphatic rings. The predicted molar refractivity (Wildman–Crippen MR) is 97.0 cm³/mol. The molecule has 2 aromatic rings. The molecule has 1 aromatic carbocycles. The molecular formula is C18H23N3O2S. The van der Waals surface area contributed by atoms with Gasteiger partial charge in [0.15, 0.2) is 0 Å². The van der Waals surface area contributed by atoms with E-state index in [1.807, 2.05) is 36.0 Å². The van der Waals surface area contributed by atoms with Crippen LogP contribution in [0.15, 0.2) is 42.7 Å². The Hall–Kier alpha value is -1.79. The van der Waals surface area contributed by atoms with Gasteiger partial charge in [-0.3, -0.25) is 9.48 Å². The van der Waals surface area contributed by atoms with E-state index >= 15 is 0 Å². The normalized spacial score (nSPS) is 18.5. The molecule has 5 nitrogen and oxygen atoms in total. The van der Waals surface area contributed by atoms with Crippen molar-refractivity contribution in [1.82, 2.24) is 9.78 Å². The number of hydrogen-bond acceptors (Lipinski definition) is 4. The van der Waals surface area contributed by atoms with Crippen LogP contribution in [0.5, 0.6) is 0 Å². The number of carbonyl (C=O) groups excluding carboxylic acids is 1. The van der Waals surface area contributed by atoms with Crippen molar-refractivity contribution in [3.63, 3.8) is 0 Å². The summed E-state index contributed by atoms with van der Waals surface area (Å²) in [4.78, 5) is 12.3. The molecule has 3 rings (SSSR count). The van der Waals surface area contributed by atoms with Crippen molar-refractivity contribution in [2.24, 2.45) is 0 Å². The highest BCUT2D eigenvalue weighted by atomic mass is 32.2. The molecule has 1 aliphatic heterocycles. The Morgan fingerprint density at radius 1 is 1.46 bits per heavy atom. The summed E-state index contributed by atoms with van der Waals surface area (Å²) in [6, 6.07) is 10.2. The number of ether oxygens (including phenoxy) is 1. The van der Waals surface area contributed by atoms with Gasteiger partial charge in [-0.05, 0) is 25.3 Å². The monoisotopic (exact) mass is 345 g/mol. The van der Waals surface area contributed by atoms with Crippen LogP contribution in [0, 0.1) is 0 Å². The molecule has 0 saturated carbocycles. The number of hydrogen-bond donors (Lipinski definition) is 1. The minimum Gasteiger partial charge on any atom is -0.376 e. The number of anilines is 1. The quantitative estimate of drug-likeness (QED) is 0.836. The first kappa shape index (κ1) is 17.0. The molecule has 0 spiro atoms. The van der Waals surface area contributed by atoms with Crippen LogP contribution < -0.4 is 5.32 Å². The number of thioether (sulfide) groups is 1. The maximum absolute atomic E-state index is 12.3. The highest BCUT2D eigenvalue weighted by molar-refractivity contribution is 7.99. The number of aromatic nitrogens is 2. The molecule has 0 radical (unpaired) electrons. The molecule has 24 heavy (non-hydrogen) atoms. The van der Waals surface area contributed by atoms with Gasteiger partial charge in [0.05, 0.1) is 29.8 Å². The third kappa shape index (κ3) is 4.85. The minimum absolute atomic E-state index is 0.00703. The van der Waals surface area contributed by atoms with Crippen molar-refractivity contribution in [1.29, 1.82) is 0 Å². The Balaban J connectivity index is 1.46. The number of nitrogens with zero attached hydrogens (tertiary/aromatic N) is 2. The highest BCUT2D eigenvalue weighted by Gasteiger charge is 2.17. The average Bonchev–Trinajstić information content (AvgIpc) is 3.26.